The van der Waals surface area contributed by atoms with Crippen LogP contribution in [0, 0.1) is 17.9 Å². The van der Waals surface area contributed by atoms with Gasteiger partial charge in [0.2, 0.25) is 0 Å². The monoisotopic (exact) mass is 386 g/mol. The third kappa shape index (κ3) is 1.65. The number of benzene rings is 1. The molecule has 2 heterocycles. The second-order valence-corrected chi connectivity index (χ2v) is 11.2. The van der Waals surface area contributed by atoms with Gasteiger partial charge in [-0.1, -0.05) is 45.9 Å². The number of aromatic amines is 1. The Balaban J connectivity index is 1.82. The summed E-state index contributed by atoms with van der Waals surface area (Å²) in [5.41, 5.74) is 4.43. The first-order valence-corrected chi connectivity index (χ1v) is 11.0. The van der Waals surface area contributed by atoms with Crippen molar-refractivity contribution in [1.82, 2.24) is 4.98 Å². The van der Waals surface area contributed by atoms with E-state index in [9.17, 15) is 0 Å². The highest BCUT2D eigenvalue weighted by Crippen LogP contribution is 2.71. The Bertz CT molecular complexity index is 1130. The average Bonchev–Trinajstić information content (AvgIpc) is 3.41. The third-order valence-corrected chi connectivity index (χ3v) is 9.48. The van der Waals surface area contributed by atoms with Crippen LogP contribution in [0.3, 0.4) is 0 Å². The topological polar surface area (TPSA) is 32.7 Å². The van der Waals surface area contributed by atoms with Gasteiger partial charge in [-0.3, -0.25) is 0 Å². The maximum Gasteiger partial charge on any atom is 0.276 e. The molecule has 4 aliphatic rings. The molecule has 2 fully saturated rings. The van der Waals surface area contributed by atoms with E-state index in [1.165, 1.54) is 27.7 Å². The van der Waals surface area contributed by atoms with Crippen molar-refractivity contribution < 1.29 is 4.74 Å². The minimum absolute atomic E-state index is 0.0218. The van der Waals surface area contributed by atoms with Gasteiger partial charge in [0.25, 0.3) is 5.54 Å². The molecule has 1 N–H and O–H groups in total. The van der Waals surface area contributed by atoms with Crippen LogP contribution in [0.25, 0.3) is 15.7 Å². The van der Waals surface area contributed by atoms with Crippen molar-refractivity contribution in [2.75, 3.05) is 0 Å². The van der Waals surface area contributed by atoms with E-state index in [1.54, 1.807) is 0 Å². The number of aromatic nitrogens is 1. The summed E-state index contributed by atoms with van der Waals surface area (Å²) in [7, 11) is 0. The molecule has 0 bridgehead atoms. The summed E-state index contributed by atoms with van der Waals surface area (Å²) in [6.45, 7) is 24.5. The second-order valence-electron chi connectivity index (χ2n) is 11.2. The zero-order valence-corrected chi connectivity index (χ0v) is 18.1. The van der Waals surface area contributed by atoms with Gasteiger partial charge < -0.3 is 14.6 Å². The van der Waals surface area contributed by atoms with E-state index >= 15 is 0 Å². The lowest BCUT2D eigenvalue weighted by Gasteiger charge is -2.55. The number of hydrogen-bond donors (Lipinski definition) is 1. The van der Waals surface area contributed by atoms with E-state index in [-0.39, 0.29) is 34.4 Å². The summed E-state index contributed by atoms with van der Waals surface area (Å²) in [6, 6.07) is 6.72. The predicted octanol–water partition coefficient (Wildman–Crippen LogP) is 5.86. The SMILES string of the molecule is [C-]#[N+][C@]12[C@@H]3c4c([nH]c5cccc(c45)C(C)(C)[C@H]3CC[C@]1(C)C=C)C(C)(C)[C@@H]1O[C@@H]12. The van der Waals surface area contributed by atoms with Crippen LogP contribution < -0.4 is 0 Å². The van der Waals surface area contributed by atoms with E-state index in [0.29, 0.717) is 5.92 Å². The summed E-state index contributed by atoms with van der Waals surface area (Å²) < 4.78 is 6.44. The van der Waals surface area contributed by atoms with Crippen molar-refractivity contribution in [1.29, 1.82) is 0 Å². The van der Waals surface area contributed by atoms with Gasteiger partial charge in [0.1, 0.15) is 6.10 Å². The molecule has 0 amide bonds. The lowest BCUT2D eigenvalue weighted by Crippen LogP contribution is -2.60. The number of fused-ring (bicyclic) bond motifs is 2. The Hall–Kier alpha value is -2.05. The molecule has 29 heavy (non-hydrogen) atoms. The lowest BCUT2D eigenvalue weighted by molar-refractivity contribution is 0.0355. The highest BCUT2D eigenvalue weighted by atomic mass is 16.6. The molecule has 0 unspecified atom stereocenters. The highest BCUT2D eigenvalue weighted by Gasteiger charge is 2.80. The molecule has 6 atom stereocenters. The maximum absolute atomic E-state index is 8.59. The van der Waals surface area contributed by atoms with Gasteiger partial charge in [-0.05, 0) is 48.3 Å². The molecule has 1 saturated carbocycles. The molecule has 1 aromatic carbocycles. The number of hydrogen-bond acceptors (Lipinski definition) is 1. The summed E-state index contributed by atoms with van der Waals surface area (Å²) in [4.78, 5) is 8.36. The Morgan fingerprint density at radius 2 is 1.93 bits per heavy atom. The van der Waals surface area contributed by atoms with Crippen LogP contribution in [-0.2, 0) is 15.6 Å². The van der Waals surface area contributed by atoms with E-state index in [1.807, 2.05) is 0 Å². The van der Waals surface area contributed by atoms with E-state index in [4.69, 9.17) is 11.3 Å². The van der Waals surface area contributed by atoms with Gasteiger partial charge in [-0.2, -0.15) is 0 Å². The minimum Gasteiger partial charge on any atom is -0.360 e. The lowest BCUT2D eigenvalue weighted by atomic mass is 9.45. The molecule has 6 rings (SSSR count). The van der Waals surface area contributed by atoms with Crippen LogP contribution in [-0.4, -0.2) is 22.7 Å². The fourth-order valence-electron chi connectivity index (χ4n) is 7.68. The number of nitrogens with zero attached hydrogens (tertiary/aromatic N) is 1. The molecular formula is C26H30N2O. The van der Waals surface area contributed by atoms with Crippen molar-refractivity contribution in [2.45, 2.75) is 82.0 Å². The Morgan fingerprint density at radius 3 is 2.62 bits per heavy atom. The number of epoxide rings is 1. The van der Waals surface area contributed by atoms with Gasteiger partial charge in [0.15, 0.2) is 6.10 Å². The molecule has 1 aliphatic heterocycles. The van der Waals surface area contributed by atoms with Crippen molar-refractivity contribution in [3.8, 4) is 0 Å². The van der Waals surface area contributed by atoms with Gasteiger partial charge in [-0.25, -0.2) is 6.57 Å². The normalized spacial score (nSPS) is 42.5. The van der Waals surface area contributed by atoms with Crippen LogP contribution in [0.4, 0.5) is 0 Å². The smallest absolute Gasteiger partial charge is 0.276 e. The van der Waals surface area contributed by atoms with Crippen molar-refractivity contribution >= 4 is 10.9 Å². The molecule has 3 aliphatic carbocycles. The molecule has 0 spiro atoms. The molecule has 150 valence electrons. The van der Waals surface area contributed by atoms with Crippen LogP contribution in [0.1, 0.15) is 70.2 Å². The molecule has 2 aromatic rings. The van der Waals surface area contributed by atoms with Crippen LogP contribution in [0.2, 0.25) is 0 Å². The first-order chi connectivity index (χ1) is 13.6. The fourth-order valence-corrected chi connectivity index (χ4v) is 7.68. The van der Waals surface area contributed by atoms with E-state index < -0.39 is 5.54 Å². The van der Waals surface area contributed by atoms with Crippen LogP contribution in [0.5, 0.6) is 0 Å². The van der Waals surface area contributed by atoms with Gasteiger partial charge >= 0.3 is 0 Å². The Kier molecular flexibility index (Phi) is 2.95. The zero-order chi connectivity index (χ0) is 20.6. The first-order valence-electron chi connectivity index (χ1n) is 11.0. The highest BCUT2D eigenvalue weighted by molar-refractivity contribution is 5.92. The zero-order valence-electron chi connectivity index (χ0n) is 18.1. The van der Waals surface area contributed by atoms with Gasteiger partial charge in [0, 0.05) is 22.0 Å². The number of ether oxygens (including phenoxy) is 1. The number of H-pyrrole nitrogens is 1. The summed E-state index contributed by atoms with van der Waals surface area (Å²) in [5.74, 6) is 0.596. The van der Waals surface area contributed by atoms with Crippen molar-refractivity contribution in [2.24, 2.45) is 11.3 Å². The predicted molar refractivity (Wildman–Crippen MR) is 116 cm³/mol. The van der Waals surface area contributed by atoms with Gasteiger partial charge in [0.05, 0.1) is 11.3 Å². The standard InChI is InChI=1S/C26H30N2O/c1-8-25(6)13-12-15-19-18-17-14(23(15,2)3)10-9-11-16(17)28-20(18)24(4,5)21-22(29-21)26(19,25)27-7/h8-11,15,19,21-22,28H,1,12-13H2,2-6H3/t15-,19-,21+,22-,25-,26-/m0/s1. The molecule has 1 aromatic heterocycles. The Labute approximate surface area is 173 Å². The molecule has 3 heteroatoms. The molecule has 3 nitrogen and oxygen atoms in total. The third-order valence-electron chi connectivity index (χ3n) is 9.48. The number of rotatable bonds is 1. The summed E-state index contributed by atoms with van der Waals surface area (Å²) in [5, 5.41) is 1.38. The molecule has 0 radical (unpaired) electrons. The van der Waals surface area contributed by atoms with E-state index in [0.717, 1.165) is 12.8 Å². The van der Waals surface area contributed by atoms with Crippen molar-refractivity contribution in [3.63, 3.8) is 0 Å². The average molecular weight is 387 g/mol. The summed E-state index contributed by atoms with van der Waals surface area (Å²) >= 11 is 0. The van der Waals surface area contributed by atoms with Crippen molar-refractivity contribution in [3.05, 3.63) is 59.1 Å². The minimum atomic E-state index is -0.592. The number of nitrogens with one attached hydrogen (secondary N) is 1. The fraction of sp³-hybridized carbons (Fsp3) is 0.577. The van der Waals surface area contributed by atoms with Crippen LogP contribution >= 0.6 is 0 Å². The van der Waals surface area contributed by atoms with E-state index in [2.05, 4.69) is 75.3 Å². The van der Waals surface area contributed by atoms with Crippen LogP contribution in [0.15, 0.2) is 30.9 Å². The molecular weight excluding hydrogens is 356 g/mol. The maximum atomic E-state index is 8.59. The largest absolute Gasteiger partial charge is 0.360 e. The van der Waals surface area contributed by atoms with Gasteiger partial charge in [-0.15, -0.1) is 6.58 Å². The summed E-state index contributed by atoms with van der Waals surface area (Å²) in [6.07, 6.45) is 4.26. The quantitative estimate of drug-likeness (QED) is 0.371. The first kappa shape index (κ1) is 17.8. The Morgan fingerprint density at radius 1 is 1.17 bits per heavy atom. The second kappa shape index (κ2) is 4.81. The molecule has 1 saturated heterocycles.